The molecule has 7 heteroatoms. The van der Waals surface area contributed by atoms with Crippen molar-refractivity contribution >= 4 is 27.3 Å². The molecule has 18 heavy (non-hydrogen) atoms. The number of amides is 1. The van der Waals surface area contributed by atoms with Gasteiger partial charge in [0.2, 0.25) is 0 Å². The second kappa shape index (κ2) is 5.67. The molecule has 1 aromatic carbocycles. The largest absolute Gasteiger partial charge is 0.341 e. The number of rotatable bonds is 4. The molecule has 0 saturated heterocycles. The molecule has 0 unspecified atom stereocenters. The molecule has 1 amide bonds. The van der Waals surface area contributed by atoms with Crippen LogP contribution in [0, 0.1) is 5.82 Å². The van der Waals surface area contributed by atoms with Gasteiger partial charge in [0, 0.05) is 24.9 Å². The number of carbonyl (C=O) groups is 1. The van der Waals surface area contributed by atoms with E-state index in [4.69, 9.17) is 11.6 Å². The Morgan fingerprint density at radius 1 is 1.44 bits per heavy atom. The van der Waals surface area contributed by atoms with Crippen molar-refractivity contribution in [2.45, 2.75) is 0 Å². The zero-order valence-corrected chi connectivity index (χ0v) is 11.6. The molecule has 0 atom stereocenters. The minimum Gasteiger partial charge on any atom is -0.341 e. The van der Waals surface area contributed by atoms with Crippen molar-refractivity contribution in [3.05, 3.63) is 34.6 Å². The van der Waals surface area contributed by atoms with E-state index < -0.39 is 21.6 Å². The summed E-state index contributed by atoms with van der Waals surface area (Å²) >= 11 is 5.68. The van der Waals surface area contributed by atoms with Crippen LogP contribution in [0.5, 0.6) is 0 Å². The van der Waals surface area contributed by atoms with Crippen LogP contribution in [0.3, 0.4) is 0 Å². The van der Waals surface area contributed by atoms with Crippen molar-refractivity contribution in [3.63, 3.8) is 0 Å². The first-order valence-corrected chi connectivity index (χ1v) is 7.53. The van der Waals surface area contributed by atoms with E-state index in [9.17, 15) is 17.6 Å². The van der Waals surface area contributed by atoms with Crippen LogP contribution < -0.4 is 0 Å². The SMILES string of the molecule is CN(CCS(C)(=O)=O)C(=O)c1cc(Cl)ccc1F. The first-order valence-electron chi connectivity index (χ1n) is 5.09. The molecule has 0 bridgehead atoms. The van der Waals surface area contributed by atoms with Crippen LogP contribution in [0.4, 0.5) is 4.39 Å². The summed E-state index contributed by atoms with van der Waals surface area (Å²) in [4.78, 5) is 13.0. The van der Waals surface area contributed by atoms with Crippen molar-refractivity contribution in [2.24, 2.45) is 0 Å². The molecule has 100 valence electrons. The van der Waals surface area contributed by atoms with Gasteiger partial charge >= 0.3 is 0 Å². The number of hydrogen-bond donors (Lipinski definition) is 0. The standard InChI is InChI=1S/C11H13ClFNO3S/c1-14(5-6-18(2,16)17)11(15)9-7-8(12)3-4-10(9)13/h3-4,7H,5-6H2,1-2H3. The number of nitrogens with zero attached hydrogens (tertiary/aromatic N) is 1. The van der Waals surface area contributed by atoms with Gasteiger partial charge in [-0.3, -0.25) is 4.79 Å². The number of hydrogen-bond acceptors (Lipinski definition) is 3. The molecule has 0 N–H and O–H groups in total. The molecule has 0 aromatic heterocycles. The third-order valence-corrected chi connectivity index (χ3v) is 3.46. The number of sulfone groups is 1. The lowest BCUT2D eigenvalue weighted by Gasteiger charge is -2.17. The molecule has 1 aromatic rings. The Morgan fingerprint density at radius 3 is 2.61 bits per heavy atom. The maximum Gasteiger partial charge on any atom is 0.256 e. The molecule has 0 radical (unpaired) electrons. The first-order chi connectivity index (χ1) is 8.20. The van der Waals surface area contributed by atoms with Crippen LogP contribution in [0.1, 0.15) is 10.4 Å². The molecule has 0 saturated carbocycles. The van der Waals surface area contributed by atoms with Crippen LogP contribution in [-0.4, -0.2) is 44.8 Å². The monoisotopic (exact) mass is 293 g/mol. The zero-order valence-electron chi connectivity index (χ0n) is 9.98. The topological polar surface area (TPSA) is 54.5 Å². The minimum absolute atomic E-state index is 0.00359. The average molecular weight is 294 g/mol. The maximum absolute atomic E-state index is 13.4. The van der Waals surface area contributed by atoms with Crippen LogP contribution >= 0.6 is 11.6 Å². The molecular weight excluding hydrogens is 281 g/mol. The van der Waals surface area contributed by atoms with Gasteiger partial charge in [-0.15, -0.1) is 0 Å². The first kappa shape index (κ1) is 14.9. The Kier molecular flexibility index (Phi) is 4.70. The van der Waals surface area contributed by atoms with Crippen LogP contribution in [0.2, 0.25) is 5.02 Å². The lowest BCUT2D eigenvalue weighted by molar-refractivity contribution is 0.0799. The van der Waals surface area contributed by atoms with Crippen molar-refractivity contribution in [3.8, 4) is 0 Å². The van der Waals surface area contributed by atoms with Gasteiger partial charge in [-0.1, -0.05) is 11.6 Å². The highest BCUT2D eigenvalue weighted by Crippen LogP contribution is 2.16. The van der Waals surface area contributed by atoms with E-state index in [2.05, 4.69) is 0 Å². The van der Waals surface area contributed by atoms with Crippen LogP contribution in [-0.2, 0) is 9.84 Å². The van der Waals surface area contributed by atoms with E-state index in [1.165, 1.54) is 19.2 Å². The minimum atomic E-state index is -3.17. The summed E-state index contributed by atoms with van der Waals surface area (Å²) in [5, 5.41) is 0.247. The summed E-state index contributed by atoms with van der Waals surface area (Å²) in [5.41, 5.74) is -0.168. The Morgan fingerprint density at radius 2 is 2.06 bits per heavy atom. The fourth-order valence-corrected chi connectivity index (χ4v) is 2.05. The Labute approximate surface area is 110 Å². The van der Waals surface area contributed by atoms with Crippen molar-refractivity contribution in [1.82, 2.24) is 4.90 Å². The lowest BCUT2D eigenvalue weighted by Crippen LogP contribution is -2.32. The third kappa shape index (κ3) is 4.27. The van der Waals surface area contributed by atoms with Gasteiger partial charge in [-0.05, 0) is 18.2 Å². The Bertz CT molecular complexity index is 559. The van der Waals surface area contributed by atoms with Crippen LogP contribution in [0.25, 0.3) is 0 Å². The highest BCUT2D eigenvalue weighted by Gasteiger charge is 2.17. The Balaban J connectivity index is 2.83. The summed E-state index contributed by atoms with van der Waals surface area (Å²) in [5.74, 6) is -1.45. The molecule has 0 aliphatic heterocycles. The summed E-state index contributed by atoms with van der Waals surface area (Å²) in [6.45, 7) is 0.00359. The normalized spacial score (nSPS) is 11.3. The highest BCUT2D eigenvalue weighted by molar-refractivity contribution is 7.90. The smallest absolute Gasteiger partial charge is 0.256 e. The predicted molar refractivity (Wildman–Crippen MR) is 68.1 cm³/mol. The zero-order chi connectivity index (χ0) is 13.9. The maximum atomic E-state index is 13.4. The highest BCUT2D eigenvalue weighted by atomic mass is 35.5. The van der Waals surface area contributed by atoms with Crippen molar-refractivity contribution < 1.29 is 17.6 Å². The molecule has 4 nitrogen and oxygen atoms in total. The van der Waals surface area contributed by atoms with Gasteiger partial charge in [0.25, 0.3) is 5.91 Å². The Hall–Kier alpha value is -1.14. The number of benzene rings is 1. The second-order valence-corrected chi connectivity index (χ2v) is 6.68. The molecule has 0 aliphatic carbocycles. The number of halogens is 2. The molecule has 0 aliphatic rings. The fraction of sp³-hybridized carbons (Fsp3) is 0.364. The summed E-state index contributed by atoms with van der Waals surface area (Å²) < 4.78 is 35.4. The second-order valence-electron chi connectivity index (χ2n) is 3.98. The number of carbonyl (C=O) groups excluding carboxylic acids is 1. The molecule has 1 rings (SSSR count). The van der Waals surface area contributed by atoms with E-state index in [-0.39, 0.29) is 22.9 Å². The molecule has 0 fully saturated rings. The molecule has 0 heterocycles. The summed E-state index contributed by atoms with van der Waals surface area (Å²) in [6, 6.07) is 3.65. The van der Waals surface area contributed by atoms with E-state index >= 15 is 0 Å². The van der Waals surface area contributed by atoms with E-state index in [1.54, 1.807) is 0 Å². The van der Waals surface area contributed by atoms with Gasteiger partial charge < -0.3 is 4.90 Å². The molecule has 0 spiro atoms. The average Bonchev–Trinajstić information content (AvgIpc) is 2.27. The van der Waals surface area contributed by atoms with Gasteiger partial charge in [-0.2, -0.15) is 0 Å². The van der Waals surface area contributed by atoms with Crippen molar-refractivity contribution in [1.29, 1.82) is 0 Å². The van der Waals surface area contributed by atoms with Crippen molar-refractivity contribution in [2.75, 3.05) is 25.6 Å². The van der Waals surface area contributed by atoms with E-state index in [1.807, 2.05) is 0 Å². The van der Waals surface area contributed by atoms with E-state index in [0.29, 0.717) is 0 Å². The molecular formula is C11H13ClFNO3S. The lowest BCUT2D eigenvalue weighted by atomic mass is 10.2. The summed E-state index contributed by atoms with van der Waals surface area (Å²) in [6.07, 6.45) is 1.07. The van der Waals surface area contributed by atoms with Crippen LogP contribution in [0.15, 0.2) is 18.2 Å². The van der Waals surface area contributed by atoms with Gasteiger partial charge in [0.05, 0.1) is 11.3 Å². The third-order valence-electron chi connectivity index (χ3n) is 2.30. The van der Waals surface area contributed by atoms with Gasteiger partial charge in [-0.25, -0.2) is 12.8 Å². The summed E-state index contributed by atoms with van der Waals surface area (Å²) in [7, 11) is -1.76. The predicted octanol–water partition coefficient (Wildman–Crippen LogP) is 1.60. The van der Waals surface area contributed by atoms with Gasteiger partial charge in [0.15, 0.2) is 0 Å². The van der Waals surface area contributed by atoms with E-state index in [0.717, 1.165) is 17.2 Å². The fourth-order valence-electron chi connectivity index (χ4n) is 1.27. The van der Waals surface area contributed by atoms with Gasteiger partial charge in [0.1, 0.15) is 15.7 Å². The quantitative estimate of drug-likeness (QED) is 0.847.